The third kappa shape index (κ3) is 6.74. The van der Waals surface area contributed by atoms with E-state index in [9.17, 15) is 13.8 Å². The second kappa shape index (κ2) is 9.08. The van der Waals surface area contributed by atoms with Crippen LogP contribution in [0.5, 0.6) is 0 Å². The molecule has 1 amide bonds. The number of amides is 1. The van der Waals surface area contributed by atoms with Crippen molar-refractivity contribution in [3.8, 4) is 0 Å². The number of nitrogens with one attached hydrogen (secondary N) is 1. The van der Waals surface area contributed by atoms with Gasteiger partial charge in [-0.1, -0.05) is 20.8 Å². The Kier molecular flexibility index (Phi) is 8.62. The number of rotatable bonds is 8. The first-order valence-electron chi connectivity index (χ1n) is 6.17. The highest BCUT2D eigenvalue weighted by Crippen LogP contribution is 2.04. The van der Waals surface area contributed by atoms with Crippen molar-refractivity contribution in [2.75, 3.05) is 12.9 Å². The van der Waals surface area contributed by atoms with Crippen LogP contribution in [0.4, 0.5) is 0 Å². The number of ether oxygens (including phenoxy) is 1. The van der Waals surface area contributed by atoms with E-state index >= 15 is 0 Å². The lowest BCUT2D eigenvalue weighted by molar-refractivity contribution is -0.140. The quantitative estimate of drug-likeness (QED) is 0.672. The van der Waals surface area contributed by atoms with Crippen LogP contribution in [-0.4, -0.2) is 40.2 Å². The lowest BCUT2D eigenvalue weighted by Crippen LogP contribution is -2.38. The first-order valence-corrected chi connectivity index (χ1v) is 7.56. The van der Waals surface area contributed by atoms with Crippen LogP contribution in [0.25, 0.3) is 0 Å². The standard InChI is InChI=1S/C12H23NO4S/c1-5-10(6-2)13-11(14)8-18(16)9(3)7-12(15)17-4/h9-10H,5-8H2,1-4H3,(H,13,14). The summed E-state index contributed by atoms with van der Waals surface area (Å²) in [4.78, 5) is 22.6. The van der Waals surface area contributed by atoms with Crippen LogP contribution in [0, 0.1) is 0 Å². The van der Waals surface area contributed by atoms with Crippen molar-refractivity contribution in [1.29, 1.82) is 0 Å². The molecule has 0 rings (SSSR count). The van der Waals surface area contributed by atoms with E-state index in [1.807, 2.05) is 13.8 Å². The molecule has 0 aromatic carbocycles. The Labute approximate surface area is 111 Å². The van der Waals surface area contributed by atoms with Crippen molar-refractivity contribution in [2.45, 2.75) is 51.3 Å². The first-order chi connectivity index (χ1) is 8.44. The van der Waals surface area contributed by atoms with Gasteiger partial charge in [0, 0.05) is 22.1 Å². The molecule has 0 saturated carbocycles. The van der Waals surface area contributed by atoms with Crippen molar-refractivity contribution in [3.05, 3.63) is 0 Å². The fourth-order valence-electron chi connectivity index (χ4n) is 1.44. The molecule has 5 nitrogen and oxygen atoms in total. The monoisotopic (exact) mass is 277 g/mol. The molecule has 0 heterocycles. The maximum atomic E-state index is 11.8. The summed E-state index contributed by atoms with van der Waals surface area (Å²) >= 11 is 0. The fourth-order valence-corrected chi connectivity index (χ4v) is 2.39. The molecule has 0 aliphatic heterocycles. The molecule has 0 saturated heterocycles. The number of carbonyl (C=O) groups excluding carboxylic acids is 2. The zero-order valence-corrected chi connectivity index (χ0v) is 12.3. The van der Waals surface area contributed by atoms with Crippen molar-refractivity contribution < 1.29 is 18.5 Å². The van der Waals surface area contributed by atoms with E-state index in [4.69, 9.17) is 0 Å². The molecule has 1 N–H and O–H groups in total. The van der Waals surface area contributed by atoms with Gasteiger partial charge >= 0.3 is 5.97 Å². The summed E-state index contributed by atoms with van der Waals surface area (Å²) in [5, 5.41) is 2.45. The number of carbonyl (C=O) groups is 2. The van der Waals surface area contributed by atoms with E-state index in [0.717, 1.165) is 12.8 Å². The van der Waals surface area contributed by atoms with Gasteiger partial charge in [0.25, 0.3) is 0 Å². The van der Waals surface area contributed by atoms with Crippen molar-refractivity contribution in [1.82, 2.24) is 5.32 Å². The fraction of sp³-hybridized carbons (Fsp3) is 0.833. The zero-order valence-electron chi connectivity index (χ0n) is 11.5. The van der Waals surface area contributed by atoms with Crippen molar-refractivity contribution >= 4 is 22.7 Å². The average molecular weight is 277 g/mol. The summed E-state index contributed by atoms with van der Waals surface area (Å²) in [6, 6.07) is 0.130. The summed E-state index contributed by atoms with van der Waals surface area (Å²) < 4.78 is 16.3. The molecule has 2 atom stereocenters. The van der Waals surface area contributed by atoms with E-state index < -0.39 is 16.8 Å². The predicted octanol–water partition coefficient (Wildman–Crippen LogP) is 0.991. The highest BCUT2D eigenvalue weighted by molar-refractivity contribution is 7.86. The third-order valence-electron chi connectivity index (χ3n) is 2.75. The minimum Gasteiger partial charge on any atom is -0.469 e. The van der Waals surface area contributed by atoms with Crippen LogP contribution in [0.2, 0.25) is 0 Å². The Balaban J connectivity index is 4.14. The number of methoxy groups -OCH3 is 1. The predicted molar refractivity (Wildman–Crippen MR) is 71.6 cm³/mol. The van der Waals surface area contributed by atoms with Crippen LogP contribution in [0.1, 0.15) is 40.0 Å². The molecule has 2 unspecified atom stereocenters. The summed E-state index contributed by atoms with van der Waals surface area (Å²) in [5.41, 5.74) is 0. The van der Waals surface area contributed by atoms with Crippen molar-refractivity contribution in [3.63, 3.8) is 0 Å². The molecule has 6 heteroatoms. The number of esters is 1. The molecule has 0 aromatic heterocycles. The maximum absolute atomic E-state index is 11.8. The Hall–Kier alpha value is -0.910. The Bertz CT molecular complexity index is 302. The van der Waals surface area contributed by atoms with Gasteiger partial charge in [-0.25, -0.2) is 0 Å². The van der Waals surface area contributed by atoms with Gasteiger partial charge in [-0.05, 0) is 12.8 Å². The molecular weight excluding hydrogens is 254 g/mol. The number of hydrogen-bond donors (Lipinski definition) is 1. The van der Waals surface area contributed by atoms with Crippen LogP contribution in [-0.2, 0) is 25.1 Å². The smallest absolute Gasteiger partial charge is 0.306 e. The van der Waals surface area contributed by atoms with Gasteiger partial charge in [0.1, 0.15) is 5.75 Å². The molecule has 18 heavy (non-hydrogen) atoms. The average Bonchev–Trinajstić information content (AvgIpc) is 2.35. The molecule has 0 aromatic rings. The Morgan fingerprint density at radius 3 is 2.28 bits per heavy atom. The molecule has 0 bridgehead atoms. The zero-order chi connectivity index (χ0) is 14.1. The van der Waals surface area contributed by atoms with E-state index in [2.05, 4.69) is 10.1 Å². The minimum atomic E-state index is -1.35. The van der Waals surface area contributed by atoms with E-state index in [-0.39, 0.29) is 29.4 Å². The van der Waals surface area contributed by atoms with Crippen molar-refractivity contribution in [2.24, 2.45) is 0 Å². The third-order valence-corrected chi connectivity index (χ3v) is 4.37. The molecule has 0 fully saturated rings. The van der Waals surface area contributed by atoms with Gasteiger partial charge in [-0.3, -0.25) is 13.8 Å². The van der Waals surface area contributed by atoms with Gasteiger partial charge in [0.05, 0.1) is 13.5 Å². The minimum absolute atomic E-state index is 0.0609. The topological polar surface area (TPSA) is 72.5 Å². The second-order valence-corrected chi connectivity index (χ2v) is 6.05. The van der Waals surface area contributed by atoms with Gasteiger partial charge in [-0.15, -0.1) is 0 Å². The van der Waals surface area contributed by atoms with E-state index in [1.165, 1.54) is 7.11 Å². The van der Waals surface area contributed by atoms with Gasteiger partial charge in [0.15, 0.2) is 0 Å². The van der Waals surface area contributed by atoms with Gasteiger partial charge < -0.3 is 10.1 Å². The van der Waals surface area contributed by atoms with E-state index in [0.29, 0.717) is 0 Å². The van der Waals surface area contributed by atoms with Crippen LogP contribution in [0.3, 0.4) is 0 Å². The number of hydrogen-bond acceptors (Lipinski definition) is 4. The SMILES string of the molecule is CCC(CC)NC(=O)CS(=O)C(C)CC(=O)OC. The summed E-state index contributed by atoms with van der Waals surface area (Å²) in [6.45, 7) is 5.66. The lowest BCUT2D eigenvalue weighted by Gasteiger charge is -2.15. The normalized spacial score (nSPS) is 14.1. The summed E-state index contributed by atoms with van der Waals surface area (Å²) in [5.74, 6) is -0.690. The summed E-state index contributed by atoms with van der Waals surface area (Å²) in [6.07, 6.45) is 1.78. The first kappa shape index (κ1) is 17.1. The van der Waals surface area contributed by atoms with Gasteiger partial charge in [0.2, 0.25) is 5.91 Å². The molecule has 0 aliphatic rings. The highest BCUT2D eigenvalue weighted by atomic mass is 32.2. The second-order valence-electron chi connectivity index (χ2n) is 4.20. The molecule has 0 radical (unpaired) electrons. The van der Waals surface area contributed by atoms with Crippen LogP contribution >= 0.6 is 0 Å². The maximum Gasteiger partial charge on any atom is 0.306 e. The highest BCUT2D eigenvalue weighted by Gasteiger charge is 2.19. The Morgan fingerprint density at radius 1 is 1.28 bits per heavy atom. The van der Waals surface area contributed by atoms with Crippen LogP contribution in [0.15, 0.2) is 0 Å². The summed E-state index contributed by atoms with van der Waals surface area (Å²) in [7, 11) is -0.0609. The molecule has 106 valence electrons. The largest absolute Gasteiger partial charge is 0.469 e. The molecule has 0 aliphatic carbocycles. The Morgan fingerprint density at radius 2 is 1.83 bits per heavy atom. The molecular formula is C12H23NO4S. The van der Waals surface area contributed by atoms with Crippen LogP contribution < -0.4 is 5.32 Å². The van der Waals surface area contributed by atoms with E-state index in [1.54, 1.807) is 6.92 Å². The lowest BCUT2D eigenvalue weighted by atomic mass is 10.2. The van der Waals surface area contributed by atoms with Gasteiger partial charge in [-0.2, -0.15) is 0 Å². The molecule has 0 spiro atoms.